The maximum absolute atomic E-state index is 5.81. The first-order chi connectivity index (χ1) is 9.19. The zero-order valence-corrected chi connectivity index (χ0v) is 12.3. The first-order valence-corrected chi connectivity index (χ1v) is 7.40. The summed E-state index contributed by atoms with van der Waals surface area (Å²) in [6.07, 6.45) is 0. The van der Waals surface area contributed by atoms with Crippen LogP contribution in [0.2, 0.25) is 0 Å². The summed E-state index contributed by atoms with van der Waals surface area (Å²) < 4.78 is 0. The Kier molecular flexibility index (Phi) is 5.37. The van der Waals surface area contributed by atoms with Crippen LogP contribution in [0.15, 0.2) is 24.3 Å². The van der Waals surface area contributed by atoms with Crippen molar-refractivity contribution >= 4 is 0 Å². The van der Waals surface area contributed by atoms with Gasteiger partial charge in [-0.3, -0.25) is 4.90 Å². The third-order valence-corrected chi connectivity index (χ3v) is 3.82. The van der Waals surface area contributed by atoms with Crippen LogP contribution in [0.25, 0.3) is 0 Å². The summed E-state index contributed by atoms with van der Waals surface area (Å²) in [4.78, 5) is 5.13. The highest BCUT2D eigenvalue weighted by Gasteiger charge is 2.17. The average molecular weight is 261 g/mol. The molecular formula is C16H27N3. The monoisotopic (exact) mass is 261 g/mol. The summed E-state index contributed by atoms with van der Waals surface area (Å²) >= 11 is 0. The lowest BCUT2D eigenvalue weighted by Gasteiger charge is -2.35. The second-order valence-electron chi connectivity index (χ2n) is 5.94. The van der Waals surface area contributed by atoms with Crippen LogP contribution in [-0.4, -0.2) is 42.5 Å². The molecule has 2 rings (SSSR count). The molecule has 0 radical (unpaired) electrons. The van der Waals surface area contributed by atoms with Gasteiger partial charge >= 0.3 is 0 Å². The molecule has 0 amide bonds. The van der Waals surface area contributed by atoms with Crippen molar-refractivity contribution in [2.24, 2.45) is 11.7 Å². The van der Waals surface area contributed by atoms with Gasteiger partial charge in [-0.05, 0) is 17.0 Å². The minimum absolute atomic E-state index is 0.642. The minimum atomic E-state index is 0.642. The Bertz CT molecular complexity index is 381. The quantitative estimate of drug-likeness (QED) is 0.879. The van der Waals surface area contributed by atoms with E-state index in [0.717, 1.165) is 12.5 Å². The molecule has 1 aliphatic heterocycles. The van der Waals surface area contributed by atoms with Gasteiger partial charge in [0.05, 0.1) is 0 Å². The van der Waals surface area contributed by atoms with Gasteiger partial charge in [0, 0.05) is 45.8 Å². The average Bonchev–Trinajstić information content (AvgIpc) is 2.41. The molecule has 3 nitrogen and oxygen atoms in total. The van der Waals surface area contributed by atoms with Gasteiger partial charge in [-0.2, -0.15) is 0 Å². The van der Waals surface area contributed by atoms with Crippen molar-refractivity contribution < 1.29 is 0 Å². The molecule has 0 atom stereocenters. The fourth-order valence-corrected chi connectivity index (χ4v) is 2.80. The van der Waals surface area contributed by atoms with Gasteiger partial charge in [-0.1, -0.05) is 38.1 Å². The second-order valence-corrected chi connectivity index (χ2v) is 5.94. The molecule has 3 heteroatoms. The van der Waals surface area contributed by atoms with Crippen LogP contribution in [0.4, 0.5) is 0 Å². The van der Waals surface area contributed by atoms with E-state index in [1.54, 1.807) is 0 Å². The molecule has 0 aliphatic carbocycles. The standard InChI is InChI=1S/C16H27N3/c1-14(2)12-18-7-9-19(10-8-18)13-16-6-4-3-5-15(16)11-17/h3-6,14H,7-13,17H2,1-2H3. The fraction of sp³-hybridized carbons (Fsp3) is 0.625. The van der Waals surface area contributed by atoms with Gasteiger partial charge in [-0.25, -0.2) is 0 Å². The zero-order chi connectivity index (χ0) is 13.7. The predicted octanol–water partition coefficient (Wildman–Crippen LogP) is 1.92. The Morgan fingerprint density at radius 2 is 1.58 bits per heavy atom. The van der Waals surface area contributed by atoms with Crippen molar-refractivity contribution in [2.45, 2.75) is 26.9 Å². The minimum Gasteiger partial charge on any atom is -0.326 e. The Morgan fingerprint density at radius 3 is 2.16 bits per heavy atom. The lowest BCUT2D eigenvalue weighted by Crippen LogP contribution is -2.47. The van der Waals surface area contributed by atoms with Crippen LogP contribution in [0.5, 0.6) is 0 Å². The molecule has 1 fully saturated rings. The van der Waals surface area contributed by atoms with Gasteiger partial charge in [0.1, 0.15) is 0 Å². The van der Waals surface area contributed by atoms with Crippen molar-refractivity contribution in [3.63, 3.8) is 0 Å². The maximum atomic E-state index is 5.81. The van der Waals surface area contributed by atoms with E-state index in [1.165, 1.54) is 43.9 Å². The summed E-state index contributed by atoms with van der Waals surface area (Å²) in [5.41, 5.74) is 8.48. The van der Waals surface area contributed by atoms with Crippen molar-refractivity contribution in [2.75, 3.05) is 32.7 Å². The largest absolute Gasteiger partial charge is 0.326 e. The molecule has 1 saturated heterocycles. The number of hydrogen-bond acceptors (Lipinski definition) is 3. The van der Waals surface area contributed by atoms with E-state index in [1.807, 2.05) is 0 Å². The summed E-state index contributed by atoms with van der Waals surface area (Å²) in [7, 11) is 0. The molecule has 1 aliphatic rings. The highest BCUT2D eigenvalue weighted by Crippen LogP contribution is 2.13. The molecule has 0 saturated carbocycles. The first-order valence-electron chi connectivity index (χ1n) is 7.40. The molecule has 1 aromatic rings. The Labute approximate surface area is 117 Å². The van der Waals surface area contributed by atoms with Crippen LogP contribution in [0, 0.1) is 5.92 Å². The van der Waals surface area contributed by atoms with Gasteiger partial charge < -0.3 is 10.6 Å². The molecule has 2 N–H and O–H groups in total. The van der Waals surface area contributed by atoms with Crippen LogP contribution in [0.1, 0.15) is 25.0 Å². The van der Waals surface area contributed by atoms with Gasteiger partial charge in [0.2, 0.25) is 0 Å². The van der Waals surface area contributed by atoms with Crippen molar-refractivity contribution in [3.05, 3.63) is 35.4 Å². The zero-order valence-electron chi connectivity index (χ0n) is 12.3. The third-order valence-electron chi connectivity index (χ3n) is 3.82. The van der Waals surface area contributed by atoms with E-state index in [2.05, 4.69) is 47.9 Å². The topological polar surface area (TPSA) is 32.5 Å². The normalized spacial score (nSPS) is 18.1. The molecule has 106 valence electrons. The molecule has 1 aromatic carbocycles. The summed E-state index contributed by atoms with van der Waals surface area (Å²) in [5, 5.41) is 0. The van der Waals surface area contributed by atoms with E-state index < -0.39 is 0 Å². The van der Waals surface area contributed by atoms with Gasteiger partial charge in [0.25, 0.3) is 0 Å². The van der Waals surface area contributed by atoms with E-state index in [-0.39, 0.29) is 0 Å². The van der Waals surface area contributed by atoms with Crippen LogP contribution in [0.3, 0.4) is 0 Å². The lowest BCUT2D eigenvalue weighted by atomic mass is 10.1. The number of hydrogen-bond donors (Lipinski definition) is 1. The Balaban J connectivity index is 1.85. The van der Waals surface area contributed by atoms with E-state index in [0.29, 0.717) is 6.54 Å². The second kappa shape index (κ2) is 7.04. The predicted molar refractivity (Wildman–Crippen MR) is 80.9 cm³/mol. The molecule has 0 aromatic heterocycles. The number of rotatable bonds is 5. The van der Waals surface area contributed by atoms with Crippen LogP contribution >= 0.6 is 0 Å². The molecule has 0 bridgehead atoms. The fourth-order valence-electron chi connectivity index (χ4n) is 2.80. The van der Waals surface area contributed by atoms with Gasteiger partial charge in [0.15, 0.2) is 0 Å². The molecule has 0 spiro atoms. The third kappa shape index (κ3) is 4.30. The van der Waals surface area contributed by atoms with Crippen LogP contribution < -0.4 is 5.73 Å². The van der Waals surface area contributed by atoms with E-state index in [4.69, 9.17) is 5.73 Å². The first kappa shape index (κ1) is 14.5. The number of piperazine rings is 1. The summed E-state index contributed by atoms with van der Waals surface area (Å²) in [5.74, 6) is 0.768. The van der Waals surface area contributed by atoms with Crippen LogP contribution in [-0.2, 0) is 13.1 Å². The van der Waals surface area contributed by atoms with Gasteiger partial charge in [-0.15, -0.1) is 0 Å². The Morgan fingerprint density at radius 1 is 1.00 bits per heavy atom. The van der Waals surface area contributed by atoms with E-state index >= 15 is 0 Å². The number of benzene rings is 1. The SMILES string of the molecule is CC(C)CN1CCN(Cc2ccccc2CN)CC1. The Hall–Kier alpha value is -0.900. The van der Waals surface area contributed by atoms with Crippen molar-refractivity contribution in [1.29, 1.82) is 0 Å². The molecule has 1 heterocycles. The highest BCUT2D eigenvalue weighted by atomic mass is 15.3. The number of nitrogens with zero attached hydrogens (tertiary/aromatic N) is 2. The smallest absolute Gasteiger partial charge is 0.0238 e. The van der Waals surface area contributed by atoms with Crippen molar-refractivity contribution in [1.82, 2.24) is 9.80 Å². The maximum Gasteiger partial charge on any atom is 0.0238 e. The van der Waals surface area contributed by atoms with E-state index in [9.17, 15) is 0 Å². The molecular weight excluding hydrogens is 234 g/mol. The molecule has 19 heavy (non-hydrogen) atoms. The number of nitrogens with two attached hydrogens (primary N) is 1. The summed E-state index contributed by atoms with van der Waals surface area (Å²) in [6.45, 7) is 12.2. The highest BCUT2D eigenvalue weighted by molar-refractivity contribution is 5.26. The lowest BCUT2D eigenvalue weighted by molar-refractivity contribution is 0.117. The van der Waals surface area contributed by atoms with Crippen molar-refractivity contribution in [3.8, 4) is 0 Å². The summed E-state index contributed by atoms with van der Waals surface area (Å²) in [6, 6.07) is 8.54. The molecule has 0 unspecified atom stereocenters.